The van der Waals surface area contributed by atoms with E-state index in [-0.39, 0.29) is 17.9 Å². The van der Waals surface area contributed by atoms with Gasteiger partial charge in [0.1, 0.15) is 5.69 Å². The molecule has 2 amide bonds. The molecule has 0 aromatic carbocycles. The summed E-state index contributed by atoms with van der Waals surface area (Å²) in [5.41, 5.74) is 7.04. The maximum Gasteiger partial charge on any atom is 0.322 e. The number of rotatable bonds is 5. The van der Waals surface area contributed by atoms with E-state index in [1.165, 1.54) is 37.9 Å². The zero-order valence-corrected chi connectivity index (χ0v) is 15.5. The number of nitrogens with one attached hydrogen (secondary N) is 1. The molecule has 0 unspecified atom stereocenters. The lowest BCUT2D eigenvalue weighted by Gasteiger charge is -2.28. The fraction of sp³-hybridized carbons (Fsp3) is 0.471. The first-order valence-electron chi connectivity index (χ1n) is 8.68. The Morgan fingerprint density at radius 1 is 1.23 bits per heavy atom. The van der Waals surface area contributed by atoms with Crippen LogP contribution in [0.2, 0.25) is 0 Å². The maximum absolute atomic E-state index is 12.4. The van der Waals surface area contributed by atoms with E-state index in [9.17, 15) is 4.79 Å². The molecule has 0 bridgehead atoms. The second kappa shape index (κ2) is 7.08. The number of nitrogens with zero attached hydrogens (tertiary/aromatic N) is 4. The number of carbonyl (C=O) groups is 1. The Hall–Kier alpha value is -2.39. The third-order valence-corrected chi connectivity index (χ3v) is 5.73. The van der Waals surface area contributed by atoms with Gasteiger partial charge in [-0.05, 0) is 38.1 Å². The van der Waals surface area contributed by atoms with Crippen LogP contribution in [0.5, 0.6) is 6.01 Å². The monoisotopic (exact) mass is 374 g/mol. The van der Waals surface area contributed by atoms with Gasteiger partial charge in [0.2, 0.25) is 0 Å². The van der Waals surface area contributed by atoms with Crippen molar-refractivity contribution in [2.45, 2.75) is 32.5 Å². The highest BCUT2D eigenvalue weighted by atomic mass is 32.1. The van der Waals surface area contributed by atoms with Gasteiger partial charge in [0.15, 0.2) is 5.82 Å². The summed E-state index contributed by atoms with van der Waals surface area (Å²) in [4.78, 5) is 27.5. The minimum Gasteiger partial charge on any atom is -0.467 e. The summed E-state index contributed by atoms with van der Waals surface area (Å²) in [6.45, 7) is 4.29. The Bertz CT molecular complexity index is 818. The fourth-order valence-electron chi connectivity index (χ4n) is 3.35. The lowest BCUT2D eigenvalue weighted by Crippen LogP contribution is -2.39. The average Bonchev–Trinajstić information content (AvgIpc) is 3.29. The van der Waals surface area contributed by atoms with Gasteiger partial charge in [0.25, 0.3) is 0 Å². The summed E-state index contributed by atoms with van der Waals surface area (Å²) < 4.78 is 5.07. The smallest absolute Gasteiger partial charge is 0.322 e. The first-order chi connectivity index (χ1) is 12.6. The van der Waals surface area contributed by atoms with Crippen molar-refractivity contribution < 1.29 is 9.53 Å². The van der Waals surface area contributed by atoms with Crippen LogP contribution in [-0.2, 0) is 19.6 Å². The van der Waals surface area contributed by atoms with E-state index in [0.717, 1.165) is 11.4 Å². The van der Waals surface area contributed by atoms with Crippen LogP contribution >= 0.6 is 11.3 Å². The molecule has 4 heterocycles. The van der Waals surface area contributed by atoms with Gasteiger partial charge in [-0.25, -0.2) is 4.79 Å². The van der Waals surface area contributed by atoms with Crippen LogP contribution in [0.15, 0.2) is 12.1 Å². The first kappa shape index (κ1) is 17.0. The van der Waals surface area contributed by atoms with Gasteiger partial charge < -0.3 is 20.7 Å². The molecule has 2 aliphatic heterocycles. The second-order valence-electron chi connectivity index (χ2n) is 6.55. The molecule has 3 N–H and O–H groups in total. The average molecular weight is 374 g/mol. The Kier molecular flexibility index (Phi) is 4.64. The summed E-state index contributed by atoms with van der Waals surface area (Å²) in [5, 5.41) is 2.79. The summed E-state index contributed by atoms with van der Waals surface area (Å²) in [7, 11) is 1.49. The van der Waals surface area contributed by atoms with Crippen LogP contribution < -0.4 is 15.8 Å². The van der Waals surface area contributed by atoms with Crippen molar-refractivity contribution in [3.05, 3.63) is 27.6 Å². The predicted molar refractivity (Wildman–Crippen MR) is 100 cm³/mol. The van der Waals surface area contributed by atoms with E-state index in [1.807, 2.05) is 0 Å². The number of urea groups is 1. The van der Waals surface area contributed by atoms with Crippen molar-refractivity contribution >= 4 is 28.9 Å². The summed E-state index contributed by atoms with van der Waals surface area (Å²) in [5.74, 6) is 0.226. The van der Waals surface area contributed by atoms with Crippen molar-refractivity contribution in [2.75, 3.05) is 31.2 Å². The van der Waals surface area contributed by atoms with Crippen LogP contribution in [0.4, 0.5) is 16.3 Å². The number of carbonyl (C=O) groups excluding carboxylic acids is 1. The number of ether oxygens (including phenoxy) is 1. The van der Waals surface area contributed by atoms with Crippen LogP contribution in [0.25, 0.3) is 0 Å². The van der Waals surface area contributed by atoms with E-state index in [0.29, 0.717) is 24.5 Å². The lowest BCUT2D eigenvalue weighted by atomic mass is 10.2. The number of fused-ring (bicyclic) bond motifs is 1. The number of likely N-dealkylation sites (tertiary alicyclic amines) is 1. The van der Waals surface area contributed by atoms with Crippen LogP contribution in [-0.4, -0.2) is 46.0 Å². The Balaban J connectivity index is 1.46. The van der Waals surface area contributed by atoms with Crippen molar-refractivity contribution in [2.24, 2.45) is 0 Å². The van der Waals surface area contributed by atoms with Gasteiger partial charge in [-0.2, -0.15) is 9.97 Å². The molecule has 0 saturated carbocycles. The van der Waals surface area contributed by atoms with Crippen LogP contribution in [0.1, 0.15) is 28.3 Å². The van der Waals surface area contributed by atoms with Gasteiger partial charge in [-0.3, -0.25) is 4.90 Å². The largest absolute Gasteiger partial charge is 0.467 e. The van der Waals surface area contributed by atoms with E-state index in [2.05, 4.69) is 32.3 Å². The Morgan fingerprint density at radius 3 is 2.69 bits per heavy atom. The van der Waals surface area contributed by atoms with Crippen LogP contribution in [0.3, 0.4) is 0 Å². The quantitative estimate of drug-likeness (QED) is 0.833. The topological polar surface area (TPSA) is 96.6 Å². The van der Waals surface area contributed by atoms with Crippen molar-refractivity contribution in [1.82, 2.24) is 19.8 Å². The number of amides is 2. The fourth-order valence-corrected chi connectivity index (χ4v) is 4.43. The third-order valence-electron chi connectivity index (χ3n) is 4.68. The van der Waals surface area contributed by atoms with Gasteiger partial charge in [0.05, 0.1) is 25.9 Å². The maximum atomic E-state index is 12.4. The van der Waals surface area contributed by atoms with Gasteiger partial charge >= 0.3 is 12.0 Å². The zero-order valence-electron chi connectivity index (χ0n) is 14.7. The number of methoxy groups -OCH3 is 1. The molecule has 0 atom stereocenters. The summed E-state index contributed by atoms with van der Waals surface area (Å²) in [6, 6.07) is 4.29. The molecule has 1 saturated heterocycles. The molecule has 0 spiro atoms. The molecule has 1 fully saturated rings. The SMILES string of the molecule is COc1nc(N)c2c(n1)CN(Cc1ccc(CN3CCCC3)s1)C(=O)N2. The molecule has 8 nitrogen and oxygen atoms in total. The predicted octanol–water partition coefficient (Wildman–Crippen LogP) is 2.27. The van der Waals surface area contributed by atoms with Gasteiger partial charge in [-0.15, -0.1) is 11.3 Å². The number of nitrogen functional groups attached to an aromatic ring is 1. The van der Waals surface area contributed by atoms with E-state index >= 15 is 0 Å². The molecule has 2 aliphatic rings. The van der Waals surface area contributed by atoms with E-state index < -0.39 is 0 Å². The molecule has 4 rings (SSSR count). The Morgan fingerprint density at radius 2 is 1.96 bits per heavy atom. The molecule has 2 aromatic rings. The summed E-state index contributed by atoms with van der Waals surface area (Å²) >= 11 is 1.76. The number of anilines is 2. The van der Waals surface area contributed by atoms with Crippen LogP contribution in [0, 0.1) is 0 Å². The molecule has 138 valence electrons. The number of hydrogen-bond acceptors (Lipinski definition) is 7. The number of thiophene rings is 1. The zero-order chi connectivity index (χ0) is 18.1. The normalized spacial score (nSPS) is 17.3. The van der Waals surface area contributed by atoms with E-state index in [1.54, 1.807) is 16.2 Å². The third kappa shape index (κ3) is 3.45. The van der Waals surface area contributed by atoms with Crippen molar-refractivity contribution in [1.29, 1.82) is 0 Å². The molecular weight excluding hydrogens is 352 g/mol. The molecule has 0 radical (unpaired) electrons. The molecule has 9 heteroatoms. The van der Waals surface area contributed by atoms with Crippen molar-refractivity contribution in [3.63, 3.8) is 0 Å². The molecule has 0 aliphatic carbocycles. The molecule has 26 heavy (non-hydrogen) atoms. The van der Waals surface area contributed by atoms with Gasteiger partial charge in [-0.1, -0.05) is 0 Å². The standard InChI is InChI=1S/C17H22N6O2S/c1-25-16-19-13-10-23(17(24)20-14(13)15(18)21-16)9-12-5-4-11(26-12)8-22-6-2-3-7-22/h4-5H,2-3,6-10H2,1H3,(H,20,24)(H2,18,19,21). The van der Waals surface area contributed by atoms with Crippen molar-refractivity contribution in [3.8, 4) is 6.01 Å². The first-order valence-corrected chi connectivity index (χ1v) is 9.50. The highest BCUT2D eigenvalue weighted by Crippen LogP contribution is 2.30. The number of aromatic nitrogens is 2. The highest BCUT2D eigenvalue weighted by Gasteiger charge is 2.27. The lowest BCUT2D eigenvalue weighted by molar-refractivity contribution is 0.203. The summed E-state index contributed by atoms with van der Waals surface area (Å²) in [6.07, 6.45) is 2.58. The molecular formula is C17H22N6O2S. The Labute approximate surface area is 156 Å². The highest BCUT2D eigenvalue weighted by molar-refractivity contribution is 7.11. The second-order valence-corrected chi connectivity index (χ2v) is 7.81. The number of nitrogens with two attached hydrogens (primary N) is 1. The van der Waals surface area contributed by atoms with Gasteiger partial charge in [0, 0.05) is 16.3 Å². The van der Waals surface area contributed by atoms with E-state index in [4.69, 9.17) is 10.5 Å². The minimum atomic E-state index is -0.188. The number of hydrogen-bond donors (Lipinski definition) is 2. The molecule has 2 aromatic heterocycles. The minimum absolute atomic E-state index is 0.188.